The van der Waals surface area contributed by atoms with Gasteiger partial charge in [-0.2, -0.15) is 5.10 Å². The van der Waals surface area contributed by atoms with Crippen LogP contribution >= 0.6 is 11.6 Å². The van der Waals surface area contributed by atoms with E-state index in [4.69, 9.17) is 11.6 Å². The Hall–Kier alpha value is -2.83. The topological polar surface area (TPSA) is 68.0 Å². The zero-order valence-corrected chi connectivity index (χ0v) is 17.0. The van der Waals surface area contributed by atoms with Gasteiger partial charge in [-0.05, 0) is 42.0 Å². The molecule has 2 aromatic heterocycles. The first-order valence-corrected chi connectivity index (χ1v) is 10.2. The molecule has 0 aliphatic carbocycles. The first-order chi connectivity index (χ1) is 14.1. The van der Waals surface area contributed by atoms with E-state index in [1.165, 1.54) is 5.56 Å². The van der Waals surface area contributed by atoms with Crippen LogP contribution in [0.25, 0.3) is 33.2 Å². The lowest BCUT2D eigenvalue weighted by atomic mass is 10.1. The molecule has 1 amide bonds. The summed E-state index contributed by atoms with van der Waals surface area (Å²) in [6, 6.07) is 14.4. The average Bonchev–Trinajstić information content (AvgIpc) is 3.28. The smallest absolute Gasteiger partial charge is 0.223 e. The van der Waals surface area contributed by atoms with Crippen LogP contribution in [0.1, 0.15) is 12.0 Å². The maximum atomic E-state index is 11.9. The van der Waals surface area contributed by atoms with Gasteiger partial charge in [0.1, 0.15) is 5.69 Å². The van der Waals surface area contributed by atoms with E-state index in [9.17, 15) is 4.79 Å². The summed E-state index contributed by atoms with van der Waals surface area (Å²) in [5.41, 5.74) is 5.13. The van der Waals surface area contributed by atoms with E-state index in [0.717, 1.165) is 59.4 Å². The Morgan fingerprint density at radius 2 is 1.97 bits per heavy atom. The fraction of sp³-hybridized carbons (Fsp3) is 0.273. The Bertz CT molecular complexity index is 1210. The molecule has 2 N–H and O–H groups in total. The molecule has 29 heavy (non-hydrogen) atoms. The summed E-state index contributed by atoms with van der Waals surface area (Å²) in [7, 11) is 1.88. The van der Waals surface area contributed by atoms with Gasteiger partial charge in [-0.3, -0.25) is 14.8 Å². The van der Waals surface area contributed by atoms with Gasteiger partial charge in [0.25, 0.3) is 0 Å². The van der Waals surface area contributed by atoms with Crippen molar-refractivity contribution >= 4 is 39.3 Å². The van der Waals surface area contributed by atoms with Crippen LogP contribution < -0.4 is 0 Å². The highest BCUT2D eigenvalue weighted by molar-refractivity contribution is 6.31. The zero-order chi connectivity index (χ0) is 20.0. The molecule has 0 radical (unpaired) electrons. The number of nitrogens with one attached hydrogen (secondary N) is 2. The van der Waals surface area contributed by atoms with Gasteiger partial charge in [0.05, 0.1) is 11.2 Å². The molecule has 1 aliphatic heterocycles. The lowest BCUT2D eigenvalue weighted by Gasteiger charge is -2.19. The molecule has 1 aliphatic rings. The normalized spacial score (nSPS) is 16.1. The molecule has 0 atom stereocenters. The van der Waals surface area contributed by atoms with Gasteiger partial charge in [-0.1, -0.05) is 17.7 Å². The number of amides is 1. The fourth-order valence-corrected chi connectivity index (χ4v) is 4.17. The summed E-state index contributed by atoms with van der Waals surface area (Å²) in [5, 5.41) is 10.4. The van der Waals surface area contributed by atoms with E-state index in [2.05, 4.69) is 44.3 Å². The lowest BCUT2D eigenvalue weighted by molar-refractivity contribution is -0.129. The molecule has 7 heteroatoms. The summed E-state index contributed by atoms with van der Waals surface area (Å²) >= 11 is 6.08. The molecule has 3 heterocycles. The summed E-state index contributed by atoms with van der Waals surface area (Å²) in [4.78, 5) is 19.5. The number of carbonyl (C=O) groups is 1. The van der Waals surface area contributed by atoms with Crippen molar-refractivity contribution < 1.29 is 4.79 Å². The number of fused-ring (bicyclic) bond motifs is 2. The predicted octanol–water partition coefficient (Wildman–Crippen LogP) is 4.03. The molecule has 6 nitrogen and oxygen atoms in total. The van der Waals surface area contributed by atoms with E-state index in [1.807, 2.05) is 30.1 Å². The summed E-state index contributed by atoms with van der Waals surface area (Å²) < 4.78 is 0. The van der Waals surface area contributed by atoms with E-state index in [1.54, 1.807) is 0 Å². The van der Waals surface area contributed by atoms with E-state index >= 15 is 0 Å². The van der Waals surface area contributed by atoms with Gasteiger partial charge in [0, 0.05) is 61.0 Å². The fourth-order valence-electron chi connectivity index (χ4n) is 3.99. The van der Waals surface area contributed by atoms with Gasteiger partial charge >= 0.3 is 0 Å². The standard InChI is InChI=1S/C22H22ClN5O/c1-27-8-9-28(7-6-21(27)29)13-14-2-5-18-15(10-14)11-20(24-18)22-17-4-3-16(23)12-19(17)25-26-22/h2-5,10-12,24H,6-9,13H2,1H3,(H,25,26). The molecule has 1 fully saturated rings. The van der Waals surface area contributed by atoms with Crippen LogP contribution in [0.5, 0.6) is 0 Å². The average molecular weight is 408 g/mol. The minimum absolute atomic E-state index is 0.228. The highest BCUT2D eigenvalue weighted by atomic mass is 35.5. The molecule has 0 saturated carbocycles. The number of benzene rings is 2. The number of aromatic amines is 2. The Labute approximate surface area is 173 Å². The molecule has 2 aromatic carbocycles. The quantitative estimate of drug-likeness (QED) is 0.538. The van der Waals surface area contributed by atoms with Crippen molar-refractivity contribution in [3.63, 3.8) is 0 Å². The predicted molar refractivity (Wildman–Crippen MR) is 116 cm³/mol. The second kappa shape index (κ2) is 7.21. The Morgan fingerprint density at radius 1 is 1.07 bits per heavy atom. The minimum Gasteiger partial charge on any atom is -0.353 e. The van der Waals surface area contributed by atoms with Crippen molar-refractivity contribution in [2.45, 2.75) is 13.0 Å². The van der Waals surface area contributed by atoms with Crippen molar-refractivity contribution in [2.24, 2.45) is 0 Å². The van der Waals surface area contributed by atoms with Gasteiger partial charge in [0.2, 0.25) is 5.91 Å². The third kappa shape index (κ3) is 3.50. The first kappa shape index (κ1) is 18.2. The van der Waals surface area contributed by atoms with Gasteiger partial charge in [0.15, 0.2) is 0 Å². The summed E-state index contributed by atoms with van der Waals surface area (Å²) in [5.74, 6) is 0.228. The third-order valence-corrected chi connectivity index (χ3v) is 5.93. The summed E-state index contributed by atoms with van der Waals surface area (Å²) in [6.07, 6.45) is 0.587. The number of rotatable bonds is 3. The van der Waals surface area contributed by atoms with Crippen LogP contribution in [0.4, 0.5) is 0 Å². The van der Waals surface area contributed by atoms with Crippen LogP contribution in [-0.4, -0.2) is 57.6 Å². The second-order valence-corrected chi connectivity index (χ2v) is 8.14. The van der Waals surface area contributed by atoms with Crippen molar-refractivity contribution in [1.82, 2.24) is 25.0 Å². The lowest BCUT2D eigenvalue weighted by Crippen LogP contribution is -2.29. The molecule has 5 rings (SSSR count). The number of hydrogen-bond acceptors (Lipinski definition) is 3. The van der Waals surface area contributed by atoms with Crippen LogP contribution in [0.3, 0.4) is 0 Å². The van der Waals surface area contributed by atoms with Crippen molar-refractivity contribution in [3.8, 4) is 11.4 Å². The summed E-state index contributed by atoms with van der Waals surface area (Å²) in [6.45, 7) is 3.34. The highest BCUT2D eigenvalue weighted by Gasteiger charge is 2.18. The molecule has 4 aromatic rings. The Kier molecular flexibility index (Phi) is 4.53. The molecular formula is C22H22ClN5O. The molecule has 1 saturated heterocycles. The van der Waals surface area contributed by atoms with Gasteiger partial charge < -0.3 is 9.88 Å². The van der Waals surface area contributed by atoms with Crippen LogP contribution in [0, 0.1) is 0 Å². The SMILES string of the molecule is CN1CCN(Cc2ccc3[nH]c(-c4n[nH]c5cc(Cl)ccc45)cc3c2)CCC1=O. The van der Waals surface area contributed by atoms with Crippen LogP contribution in [0.2, 0.25) is 5.02 Å². The zero-order valence-electron chi connectivity index (χ0n) is 16.2. The number of carbonyl (C=O) groups excluding carboxylic acids is 1. The van der Waals surface area contributed by atoms with E-state index in [-0.39, 0.29) is 5.91 Å². The van der Waals surface area contributed by atoms with Crippen LogP contribution in [0.15, 0.2) is 42.5 Å². The number of likely N-dealkylation sites (N-methyl/N-ethyl adjacent to an activating group) is 1. The van der Waals surface area contributed by atoms with Crippen molar-refractivity contribution in [1.29, 1.82) is 0 Å². The number of halogens is 1. The number of hydrogen-bond donors (Lipinski definition) is 2. The molecule has 148 valence electrons. The molecular weight excluding hydrogens is 386 g/mol. The minimum atomic E-state index is 0.228. The largest absolute Gasteiger partial charge is 0.353 e. The molecule has 0 unspecified atom stereocenters. The van der Waals surface area contributed by atoms with Gasteiger partial charge in [-0.15, -0.1) is 0 Å². The highest BCUT2D eigenvalue weighted by Crippen LogP contribution is 2.30. The maximum Gasteiger partial charge on any atom is 0.223 e. The van der Waals surface area contributed by atoms with E-state index in [0.29, 0.717) is 11.4 Å². The van der Waals surface area contributed by atoms with Gasteiger partial charge in [-0.25, -0.2) is 0 Å². The first-order valence-electron chi connectivity index (χ1n) is 9.79. The maximum absolute atomic E-state index is 11.9. The monoisotopic (exact) mass is 407 g/mol. The molecule has 0 spiro atoms. The van der Waals surface area contributed by atoms with Crippen molar-refractivity contribution in [2.75, 3.05) is 26.7 Å². The Balaban J connectivity index is 1.42. The molecule has 0 bridgehead atoms. The number of aromatic nitrogens is 3. The second-order valence-electron chi connectivity index (χ2n) is 7.71. The Morgan fingerprint density at radius 3 is 2.86 bits per heavy atom. The number of nitrogens with zero attached hydrogens (tertiary/aromatic N) is 3. The van der Waals surface area contributed by atoms with Crippen molar-refractivity contribution in [3.05, 3.63) is 53.1 Å². The number of H-pyrrole nitrogens is 2. The van der Waals surface area contributed by atoms with Crippen LogP contribution in [-0.2, 0) is 11.3 Å². The third-order valence-electron chi connectivity index (χ3n) is 5.69. The van der Waals surface area contributed by atoms with E-state index < -0.39 is 0 Å².